The summed E-state index contributed by atoms with van der Waals surface area (Å²) >= 11 is 9.31. The summed E-state index contributed by atoms with van der Waals surface area (Å²) in [6, 6.07) is 9.14. The molecule has 0 spiro atoms. The van der Waals surface area contributed by atoms with Gasteiger partial charge in [0, 0.05) is 22.6 Å². The Morgan fingerprint density at radius 3 is 2.89 bits per heavy atom. The largest absolute Gasteiger partial charge is 0.467 e. The fourth-order valence-corrected chi connectivity index (χ4v) is 2.41. The van der Waals surface area contributed by atoms with Crippen molar-refractivity contribution in [3.05, 3.63) is 57.4 Å². The fourth-order valence-electron chi connectivity index (χ4n) is 1.59. The Morgan fingerprint density at radius 2 is 2.22 bits per heavy atom. The Hall–Kier alpha value is -0.810. The molecule has 1 heterocycles. The summed E-state index contributed by atoms with van der Waals surface area (Å²) in [5, 5.41) is 13.7. The predicted molar refractivity (Wildman–Crippen MR) is 74.5 cm³/mol. The maximum Gasteiger partial charge on any atom is 0.133 e. The zero-order chi connectivity index (χ0) is 13.0. The summed E-state index contributed by atoms with van der Waals surface area (Å²) in [6.45, 7) is 1.08. The van der Waals surface area contributed by atoms with Gasteiger partial charge < -0.3 is 14.8 Å². The van der Waals surface area contributed by atoms with Gasteiger partial charge in [0.1, 0.15) is 11.9 Å². The molecule has 0 saturated carbocycles. The zero-order valence-corrected chi connectivity index (χ0v) is 11.9. The van der Waals surface area contributed by atoms with Crippen LogP contribution in [0.1, 0.15) is 17.4 Å². The van der Waals surface area contributed by atoms with Crippen LogP contribution in [0.25, 0.3) is 0 Å². The molecule has 0 aliphatic carbocycles. The molecule has 0 bridgehead atoms. The van der Waals surface area contributed by atoms with Crippen LogP contribution in [0.15, 0.2) is 45.5 Å². The van der Waals surface area contributed by atoms with E-state index in [4.69, 9.17) is 16.0 Å². The first kappa shape index (κ1) is 13.6. The normalized spacial score (nSPS) is 12.6. The highest BCUT2D eigenvalue weighted by molar-refractivity contribution is 9.10. The number of aliphatic hydroxyl groups excluding tert-OH is 1. The first-order chi connectivity index (χ1) is 8.66. The van der Waals surface area contributed by atoms with Crippen molar-refractivity contribution in [1.82, 2.24) is 5.32 Å². The zero-order valence-electron chi connectivity index (χ0n) is 9.57. The molecule has 2 aromatic rings. The van der Waals surface area contributed by atoms with Crippen molar-refractivity contribution < 1.29 is 9.52 Å². The smallest absolute Gasteiger partial charge is 0.133 e. The van der Waals surface area contributed by atoms with Crippen LogP contribution >= 0.6 is 27.5 Å². The molecule has 18 heavy (non-hydrogen) atoms. The Balaban J connectivity index is 1.85. The van der Waals surface area contributed by atoms with Crippen molar-refractivity contribution in [2.24, 2.45) is 0 Å². The highest BCUT2D eigenvalue weighted by Crippen LogP contribution is 2.21. The molecule has 1 atom stereocenters. The van der Waals surface area contributed by atoms with Gasteiger partial charge in [-0.25, -0.2) is 0 Å². The number of nitrogens with one attached hydrogen (secondary N) is 1. The molecule has 0 aliphatic heterocycles. The molecule has 0 amide bonds. The van der Waals surface area contributed by atoms with Gasteiger partial charge in [-0.2, -0.15) is 0 Å². The lowest BCUT2D eigenvalue weighted by Gasteiger charge is -2.10. The Labute approximate surface area is 119 Å². The number of benzene rings is 1. The second-order valence-electron chi connectivity index (χ2n) is 3.90. The van der Waals surface area contributed by atoms with E-state index in [9.17, 15) is 5.11 Å². The summed E-state index contributed by atoms with van der Waals surface area (Å²) in [6.07, 6.45) is 0.917. The van der Waals surface area contributed by atoms with E-state index in [1.165, 1.54) is 0 Å². The third-order valence-electron chi connectivity index (χ3n) is 2.54. The number of halogens is 2. The van der Waals surface area contributed by atoms with Gasteiger partial charge in [0.2, 0.25) is 0 Å². The number of aliphatic hydroxyl groups is 1. The molecule has 5 heteroatoms. The standard InChI is InChI=1S/C13H13BrClNO2/c14-11-6-10(15)4-3-9(11)7-16-8-12(17)13-2-1-5-18-13/h1-6,12,16-17H,7-8H2. The molecule has 0 radical (unpaired) electrons. The van der Waals surface area contributed by atoms with Gasteiger partial charge in [0.15, 0.2) is 0 Å². The minimum absolute atomic E-state index is 0.433. The number of furan rings is 1. The topological polar surface area (TPSA) is 45.4 Å². The van der Waals surface area contributed by atoms with Gasteiger partial charge in [0.25, 0.3) is 0 Å². The lowest BCUT2D eigenvalue weighted by Crippen LogP contribution is -2.20. The van der Waals surface area contributed by atoms with E-state index in [-0.39, 0.29) is 0 Å². The molecule has 1 unspecified atom stereocenters. The molecular formula is C13H13BrClNO2. The summed E-state index contributed by atoms with van der Waals surface area (Å²) in [5.74, 6) is 0.567. The lowest BCUT2D eigenvalue weighted by molar-refractivity contribution is 0.147. The Bertz CT molecular complexity index is 502. The number of hydrogen-bond donors (Lipinski definition) is 2. The third kappa shape index (κ3) is 3.59. The quantitative estimate of drug-likeness (QED) is 0.881. The third-order valence-corrected chi connectivity index (χ3v) is 3.51. The van der Waals surface area contributed by atoms with Gasteiger partial charge in [-0.15, -0.1) is 0 Å². The lowest BCUT2D eigenvalue weighted by atomic mass is 10.2. The van der Waals surface area contributed by atoms with Crippen LogP contribution in [0.4, 0.5) is 0 Å². The van der Waals surface area contributed by atoms with E-state index < -0.39 is 6.10 Å². The van der Waals surface area contributed by atoms with Gasteiger partial charge in [-0.05, 0) is 29.8 Å². The first-order valence-corrected chi connectivity index (χ1v) is 6.70. The monoisotopic (exact) mass is 329 g/mol. The van der Waals surface area contributed by atoms with Crippen molar-refractivity contribution in [3.63, 3.8) is 0 Å². The van der Waals surface area contributed by atoms with Crippen molar-refractivity contribution >= 4 is 27.5 Å². The molecule has 0 aliphatic rings. The minimum Gasteiger partial charge on any atom is -0.467 e. The number of rotatable bonds is 5. The van der Waals surface area contributed by atoms with Crippen molar-refractivity contribution in [3.8, 4) is 0 Å². The molecule has 1 aromatic carbocycles. The van der Waals surface area contributed by atoms with Crippen molar-refractivity contribution in [2.75, 3.05) is 6.54 Å². The second-order valence-corrected chi connectivity index (χ2v) is 5.19. The van der Waals surface area contributed by atoms with E-state index in [0.29, 0.717) is 23.9 Å². The van der Waals surface area contributed by atoms with Gasteiger partial charge in [-0.1, -0.05) is 33.6 Å². The van der Waals surface area contributed by atoms with E-state index in [1.54, 1.807) is 18.4 Å². The summed E-state index contributed by atoms with van der Waals surface area (Å²) in [4.78, 5) is 0. The Kier molecular flexibility index (Phi) is 4.83. The predicted octanol–water partition coefficient (Wildman–Crippen LogP) is 3.52. The van der Waals surface area contributed by atoms with Crippen molar-refractivity contribution in [2.45, 2.75) is 12.6 Å². The van der Waals surface area contributed by atoms with E-state index in [2.05, 4.69) is 21.2 Å². The van der Waals surface area contributed by atoms with E-state index in [0.717, 1.165) is 10.0 Å². The van der Waals surface area contributed by atoms with Crippen LogP contribution in [-0.4, -0.2) is 11.7 Å². The summed E-state index contributed by atoms with van der Waals surface area (Å²) in [7, 11) is 0. The molecule has 2 N–H and O–H groups in total. The molecule has 96 valence electrons. The summed E-state index contributed by atoms with van der Waals surface area (Å²) < 4.78 is 6.07. The first-order valence-electron chi connectivity index (χ1n) is 5.53. The maximum absolute atomic E-state index is 9.81. The SMILES string of the molecule is OC(CNCc1ccc(Cl)cc1Br)c1ccco1. The van der Waals surface area contributed by atoms with Gasteiger partial charge >= 0.3 is 0 Å². The maximum atomic E-state index is 9.81. The van der Waals surface area contributed by atoms with Crippen LogP contribution in [-0.2, 0) is 6.54 Å². The molecule has 3 nitrogen and oxygen atoms in total. The van der Waals surface area contributed by atoms with Gasteiger partial charge in [-0.3, -0.25) is 0 Å². The summed E-state index contributed by atoms with van der Waals surface area (Å²) in [5.41, 5.74) is 1.09. The highest BCUT2D eigenvalue weighted by Gasteiger charge is 2.09. The molecule has 0 saturated heterocycles. The van der Waals surface area contributed by atoms with Gasteiger partial charge in [0.05, 0.1) is 6.26 Å². The van der Waals surface area contributed by atoms with E-state index >= 15 is 0 Å². The average molecular weight is 331 g/mol. The van der Waals surface area contributed by atoms with Crippen LogP contribution in [0, 0.1) is 0 Å². The van der Waals surface area contributed by atoms with Crippen molar-refractivity contribution in [1.29, 1.82) is 0 Å². The molecular weight excluding hydrogens is 318 g/mol. The molecule has 2 rings (SSSR count). The van der Waals surface area contributed by atoms with E-state index in [1.807, 2.05) is 18.2 Å². The van der Waals surface area contributed by atoms with Crippen LogP contribution in [0.3, 0.4) is 0 Å². The number of hydrogen-bond acceptors (Lipinski definition) is 3. The fraction of sp³-hybridized carbons (Fsp3) is 0.231. The van der Waals surface area contributed by atoms with Crippen LogP contribution in [0.5, 0.6) is 0 Å². The molecule has 0 fully saturated rings. The Morgan fingerprint density at radius 1 is 1.39 bits per heavy atom. The average Bonchev–Trinajstić information content (AvgIpc) is 2.85. The van der Waals surface area contributed by atoms with Crippen LogP contribution in [0.2, 0.25) is 5.02 Å². The second kappa shape index (κ2) is 6.38. The molecule has 1 aromatic heterocycles. The minimum atomic E-state index is -0.633. The highest BCUT2D eigenvalue weighted by atomic mass is 79.9. The van der Waals surface area contributed by atoms with Crippen LogP contribution < -0.4 is 5.32 Å².